The molecule has 1 aliphatic heterocycles. The van der Waals surface area contributed by atoms with Crippen LogP contribution < -0.4 is 10.2 Å². The molecule has 1 amide bonds. The molecular formula is C16H15BrN2O. The van der Waals surface area contributed by atoms with Gasteiger partial charge in [0.2, 0.25) is 5.91 Å². The van der Waals surface area contributed by atoms with Crippen LogP contribution in [0.4, 0.5) is 17.1 Å². The number of hydrogen-bond donors (Lipinski definition) is 1. The first-order valence-electron chi connectivity index (χ1n) is 6.59. The van der Waals surface area contributed by atoms with Crippen molar-refractivity contribution in [3.8, 4) is 0 Å². The van der Waals surface area contributed by atoms with E-state index >= 15 is 0 Å². The largest absolute Gasteiger partial charge is 0.383 e. The number of carbonyl (C=O) groups is 1. The van der Waals surface area contributed by atoms with Crippen LogP contribution in [0, 0.1) is 6.92 Å². The van der Waals surface area contributed by atoms with E-state index in [-0.39, 0.29) is 5.91 Å². The molecule has 0 spiro atoms. The summed E-state index contributed by atoms with van der Waals surface area (Å²) >= 11 is 3.50. The molecule has 2 aromatic carbocycles. The number of benzene rings is 2. The number of nitrogens with one attached hydrogen (secondary N) is 1. The molecule has 2 aromatic rings. The minimum atomic E-state index is 0.115. The van der Waals surface area contributed by atoms with Crippen LogP contribution in [0.15, 0.2) is 46.9 Å². The van der Waals surface area contributed by atoms with Crippen molar-refractivity contribution in [3.05, 3.63) is 52.5 Å². The van der Waals surface area contributed by atoms with Crippen LogP contribution in [-0.2, 0) is 4.79 Å². The lowest BCUT2D eigenvalue weighted by molar-refractivity contribution is -0.117. The molecule has 20 heavy (non-hydrogen) atoms. The highest BCUT2D eigenvalue weighted by Gasteiger charge is 2.23. The zero-order chi connectivity index (χ0) is 14.1. The SMILES string of the molecule is Cc1cc(N2C(=O)CCNc3ccccc32)ccc1Br. The van der Waals surface area contributed by atoms with Gasteiger partial charge < -0.3 is 5.32 Å². The molecule has 1 heterocycles. The Morgan fingerprint density at radius 3 is 2.80 bits per heavy atom. The zero-order valence-corrected chi connectivity index (χ0v) is 12.8. The third-order valence-corrected chi connectivity index (χ3v) is 4.34. The molecule has 0 unspecified atom stereocenters. The van der Waals surface area contributed by atoms with Gasteiger partial charge in [-0.1, -0.05) is 28.1 Å². The average Bonchev–Trinajstić information content (AvgIpc) is 2.60. The van der Waals surface area contributed by atoms with Gasteiger partial charge in [0, 0.05) is 23.1 Å². The molecule has 3 nitrogen and oxygen atoms in total. The topological polar surface area (TPSA) is 32.3 Å². The summed E-state index contributed by atoms with van der Waals surface area (Å²) < 4.78 is 1.05. The van der Waals surface area contributed by atoms with E-state index in [2.05, 4.69) is 21.2 Å². The van der Waals surface area contributed by atoms with E-state index in [0.717, 1.165) is 27.1 Å². The number of para-hydroxylation sites is 2. The minimum Gasteiger partial charge on any atom is -0.383 e. The van der Waals surface area contributed by atoms with E-state index in [0.29, 0.717) is 13.0 Å². The maximum Gasteiger partial charge on any atom is 0.233 e. The standard InChI is InChI=1S/C16H15BrN2O/c1-11-10-12(6-7-13(11)17)19-15-5-3-2-4-14(15)18-9-8-16(19)20/h2-7,10,18H,8-9H2,1H3. The Morgan fingerprint density at radius 1 is 1.20 bits per heavy atom. The number of carbonyl (C=O) groups excluding carboxylic acids is 1. The van der Waals surface area contributed by atoms with Gasteiger partial charge in [0.1, 0.15) is 0 Å². The number of amides is 1. The second-order valence-electron chi connectivity index (χ2n) is 4.86. The van der Waals surface area contributed by atoms with Gasteiger partial charge in [0.05, 0.1) is 11.4 Å². The number of nitrogens with zero attached hydrogens (tertiary/aromatic N) is 1. The summed E-state index contributed by atoms with van der Waals surface area (Å²) in [7, 11) is 0. The van der Waals surface area contributed by atoms with Crippen molar-refractivity contribution in [1.29, 1.82) is 0 Å². The number of aryl methyl sites for hydroxylation is 1. The van der Waals surface area contributed by atoms with E-state index in [9.17, 15) is 4.79 Å². The summed E-state index contributed by atoms with van der Waals surface area (Å²) in [6, 6.07) is 13.9. The van der Waals surface area contributed by atoms with E-state index in [1.807, 2.05) is 49.4 Å². The average molecular weight is 331 g/mol. The Balaban J connectivity index is 2.14. The molecule has 0 aromatic heterocycles. The molecule has 3 rings (SSSR count). The fourth-order valence-electron chi connectivity index (χ4n) is 2.42. The highest BCUT2D eigenvalue weighted by molar-refractivity contribution is 9.10. The Morgan fingerprint density at radius 2 is 2.00 bits per heavy atom. The Kier molecular flexibility index (Phi) is 3.49. The summed E-state index contributed by atoms with van der Waals surface area (Å²) in [6.07, 6.45) is 0.490. The Bertz CT molecular complexity index is 669. The van der Waals surface area contributed by atoms with E-state index in [1.165, 1.54) is 0 Å². The molecule has 0 saturated heterocycles. The summed E-state index contributed by atoms with van der Waals surface area (Å²) in [5, 5.41) is 3.31. The Labute approximate surface area is 126 Å². The van der Waals surface area contributed by atoms with E-state index < -0.39 is 0 Å². The number of fused-ring (bicyclic) bond motifs is 1. The van der Waals surface area contributed by atoms with E-state index in [1.54, 1.807) is 4.90 Å². The van der Waals surface area contributed by atoms with Crippen molar-refractivity contribution >= 4 is 38.9 Å². The number of rotatable bonds is 1. The van der Waals surface area contributed by atoms with Crippen LogP contribution >= 0.6 is 15.9 Å². The second kappa shape index (κ2) is 5.29. The predicted octanol–water partition coefficient (Wildman–Crippen LogP) is 4.24. The maximum atomic E-state index is 12.4. The highest BCUT2D eigenvalue weighted by Crippen LogP contribution is 2.35. The summed E-state index contributed by atoms with van der Waals surface area (Å²) in [5.41, 5.74) is 3.94. The van der Waals surface area contributed by atoms with E-state index in [4.69, 9.17) is 0 Å². The molecule has 0 aliphatic carbocycles. The van der Waals surface area contributed by atoms with Gasteiger partial charge in [-0.15, -0.1) is 0 Å². The third-order valence-electron chi connectivity index (χ3n) is 3.45. The van der Waals surface area contributed by atoms with Gasteiger partial charge in [0.25, 0.3) is 0 Å². The minimum absolute atomic E-state index is 0.115. The maximum absolute atomic E-state index is 12.4. The predicted molar refractivity (Wildman–Crippen MR) is 85.6 cm³/mol. The normalized spacial score (nSPS) is 14.5. The molecule has 1 N–H and O–H groups in total. The molecule has 4 heteroatoms. The van der Waals surface area contributed by atoms with Gasteiger partial charge >= 0.3 is 0 Å². The van der Waals surface area contributed by atoms with Crippen molar-refractivity contribution < 1.29 is 4.79 Å². The Hall–Kier alpha value is -1.81. The molecule has 0 radical (unpaired) electrons. The summed E-state index contributed by atoms with van der Waals surface area (Å²) in [6.45, 7) is 2.70. The lowest BCUT2D eigenvalue weighted by Crippen LogP contribution is -2.25. The molecule has 0 atom stereocenters. The molecule has 102 valence electrons. The van der Waals surface area contributed by atoms with Crippen molar-refractivity contribution in [2.45, 2.75) is 13.3 Å². The number of halogens is 1. The first kappa shape index (κ1) is 13.2. The van der Waals surface area contributed by atoms with Crippen LogP contribution in [0.25, 0.3) is 0 Å². The molecule has 0 bridgehead atoms. The first-order chi connectivity index (χ1) is 9.66. The molecule has 1 aliphatic rings. The van der Waals surface area contributed by atoms with Gasteiger partial charge in [-0.05, 0) is 42.8 Å². The highest BCUT2D eigenvalue weighted by atomic mass is 79.9. The smallest absolute Gasteiger partial charge is 0.233 e. The number of anilines is 3. The van der Waals surface area contributed by atoms with Crippen LogP contribution in [0.2, 0.25) is 0 Å². The lowest BCUT2D eigenvalue weighted by Gasteiger charge is -2.23. The summed E-state index contributed by atoms with van der Waals surface area (Å²) in [5.74, 6) is 0.115. The van der Waals surface area contributed by atoms with Crippen molar-refractivity contribution in [3.63, 3.8) is 0 Å². The van der Waals surface area contributed by atoms with Crippen molar-refractivity contribution in [2.75, 3.05) is 16.8 Å². The monoisotopic (exact) mass is 330 g/mol. The van der Waals surface area contributed by atoms with Crippen LogP contribution in [0.3, 0.4) is 0 Å². The quantitative estimate of drug-likeness (QED) is 0.848. The van der Waals surface area contributed by atoms with Gasteiger partial charge in [0.15, 0.2) is 0 Å². The molecular weight excluding hydrogens is 316 g/mol. The van der Waals surface area contributed by atoms with Crippen molar-refractivity contribution in [1.82, 2.24) is 0 Å². The molecule has 0 saturated carbocycles. The van der Waals surface area contributed by atoms with Gasteiger partial charge in [-0.2, -0.15) is 0 Å². The van der Waals surface area contributed by atoms with Gasteiger partial charge in [-0.3, -0.25) is 9.69 Å². The van der Waals surface area contributed by atoms with Crippen molar-refractivity contribution in [2.24, 2.45) is 0 Å². The van der Waals surface area contributed by atoms with Crippen LogP contribution in [-0.4, -0.2) is 12.5 Å². The second-order valence-corrected chi connectivity index (χ2v) is 5.71. The van der Waals surface area contributed by atoms with Gasteiger partial charge in [-0.25, -0.2) is 0 Å². The van der Waals surface area contributed by atoms with Crippen LogP contribution in [0.5, 0.6) is 0 Å². The number of hydrogen-bond acceptors (Lipinski definition) is 2. The fraction of sp³-hybridized carbons (Fsp3) is 0.188. The molecule has 0 fully saturated rings. The lowest BCUT2D eigenvalue weighted by atomic mass is 10.1. The third kappa shape index (κ3) is 2.31. The summed E-state index contributed by atoms with van der Waals surface area (Å²) in [4.78, 5) is 14.2. The fourth-order valence-corrected chi connectivity index (χ4v) is 2.67. The first-order valence-corrected chi connectivity index (χ1v) is 7.38. The zero-order valence-electron chi connectivity index (χ0n) is 11.2. The van der Waals surface area contributed by atoms with Crippen LogP contribution in [0.1, 0.15) is 12.0 Å².